The standard InChI is InChI=1S/C33H41N3O3S/c1-24-8-7-10-31(22-24)40(38,39)30-14-12-28(13-15-30)27(4)36-21-20-35(23-26(36)3)29-16-18-34(19-17-29)33(37)32-11-6-5-9-25(32)2/h5-15,22,26-27,29H,16-21,23H2,1-4H3/t26-,27+/m1/s1. The van der Waals surface area contributed by atoms with Crippen LogP contribution in [-0.2, 0) is 9.84 Å². The van der Waals surface area contributed by atoms with E-state index in [4.69, 9.17) is 0 Å². The zero-order valence-corrected chi connectivity index (χ0v) is 24.9. The Morgan fingerprint density at radius 3 is 2.20 bits per heavy atom. The molecule has 0 spiro atoms. The minimum atomic E-state index is -3.53. The maximum atomic E-state index is 13.1. The number of hydrogen-bond acceptors (Lipinski definition) is 5. The van der Waals surface area contributed by atoms with Crippen LogP contribution in [0.15, 0.2) is 82.6 Å². The summed E-state index contributed by atoms with van der Waals surface area (Å²) < 4.78 is 26.2. The van der Waals surface area contributed by atoms with Gasteiger partial charge in [0.2, 0.25) is 9.84 Å². The van der Waals surface area contributed by atoms with Crippen molar-refractivity contribution in [1.29, 1.82) is 0 Å². The van der Waals surface area contributed by atoms with E-state index in [0.717, 1.165) is 67.8 Å². The average Bonchev–Trinajstić information content (AvgIpc) is 2.97. The first-order valence-corrected chi connectivity index (χ1v) is 15.9. The second-order valence-corrected chi connectivity index (χ2v) is 13.4. The molecule has 3 aromatic rings. The van der Waals surface area contributed by atoms with E-state index in [1.165, 1.54) is 0 Å². The Morgan fingerprint density at radius 1 is 0.850 bits per heavy atom. The van der Waals surface area contributed by atoms with Gasteiger partial charge in [0.05, 0.1) is 9.79 Å². The van der Waals surface area contributed by atoms with Gasteiger partial charge >= 0.3 is 0 Å². The van der Waals surface area contributed by atoms with Crippen LogP contribution in [-0.4, -0.2) is 73.8 Å². The summed E-state index contributed by atoms with van der Waals surface area (Å²) in [6.45, 7) is 13.0. The molecular weight excluding hydrogens is 518 g/mol. The van der Waals surface area contributed by atoms with Gasteiger partial charge in [0.1, 0.15) is 0 Å². The highest BCUT2D eigenvalue weighted by Crippen LogP contribution is 2.30. The number of amides is 1. The quantitative estimate of drug-likeness (QED) is 0.399. The van der Waals surface area contributed by atoms with Crippen LogP contribution in [0.5, 0.6) is 0 Å². The van der Waals surface area contributed by atoms with E-state index < -0.39 is 9.84 Å². The smallest absolute Gasteiger partial charge is 0.254 e. The molecule has 2 heterocycles. The molecular formula is C33H41N3O3S. The van der Waals surface area contributed by atoms with E-state index in [1.54, 1.807) is 30.3 Å². The van der Waals surface area contributed by atoms with Gasteiger partial charge in [-0.1, -0.05) is 42.5 Å². The molecule has 212 valence electrons. The zero-order valence-electron chi connectivity index (χ0n) is 24.1. The maximum Gasteiger partial charge on any atom is 0.254 e. The van der Waals surface area contributed by atoms with Crippen LogP contribution in [0.4, 0.5) is 0 Å². The molecule has 0 radical (unpaired) electrons. The number of sulfone groups is 1. The van der Waals surface area contributed by atoms with Gasteiger partial charge < -0.3 is 4.90 Å². The topological polar surface area (TPSA) is 60.9 Å². The van der Waals surface area contributed by atoms with Crippen molar-refractivity contribution in [1.82, 2.24) is 14.7 Å². The predicted molar refractivity (Wildman–Crippen MR) is 159 cm³/mol. The molecule has 0 unspecified atom stereocenters. The number of rotatable bonds is 6. The van der Waals surface area contributed by atoms with E-state index in [-0.39, 0.29) is 11.9 Å². The van der Waals surface area contributed by atoms with Crippen LogP contribution in [0.3, 0.4) is 0 Å². The van der Waals surface area contributed by atoms with Crippen molar-refractivity contribution in [2.45, 2.75) is 68.5 Å². The number of likely N-dealkylation sites (tertiary alicyclic amines) is 1. The lowest BCUT2D eigenvalue weighted by atomic mass is 9.98. The number of hydrogen-bond donors (Lipinski definition) is 0. The lowest BCUT2D eigenvalue weighted by Crippen LogP contribution is -2.57. The molecule has 40 heavy (non-hydrogen) atoms. The normalized spacial score (nSPS) is 20.4. The third kappa shape index (κ3) is 5.87. The summed E-state index contributed by atoms with van der Waals surface area (Å²) in [6, 6.07) is 23.4. The van der Waals surface area contributed by atoms with Crippen molar-refractivity contribution < 1.29 is 13.2 Å². The molecule has 3 aromatic carbocycles. The summed E-state index contributed by atoms with van der Waals surface area (Å²) in [6.07, 6.45) is 2.02. The Labute approximate surface area is 239 Å². The molecule has 0 N–H and O–H groups in total. The minimum Gasteiger partial charge on any atom is -0.339 e. The Morgan fingerprint density at radius 2 is 1.55 bits per heavy atom. The van der Waals surface area contributed by atoms with Gasteiger partial charge in [-0.05, 0) is 87.6 Å². The summed E-state index contributed by atoms with van der Waals surface area (Å²) in [7, 11) is -3.53. The van der Waals surface area contributed by atoms with Crippen LogP contribution in [0.2, 0.25) is 0 Å². The largest absolute Gasteiger partial charge is 0.339 e. The van der Waals surface area contributed by atoms with E-state index >= 15 is 0 Å². The second kappa shape index (κ2) is 11.9. The molecule has 2 atom stereocenters. The first-order valence-electron chi connectivity index (χ1n) is 14.4. The van der Waals surface area contributed by atoms with Crippen molar-refractivity contribution in [2.75, 3.05) is 32.7 Å². The highest BCUT2D eigenvalue weighted by molar-refractivity contribution is 7.91. The van der Waals surface area contributed by atoms with Crippen molar-refractivity contribution in [3.63, 3.8) is 0 Å². The van der Waals surface area contributed by atoms with E-state index in [1.807, 2.05) is 61.2 Å². The number of benzene rings is 3. The van der Waals surface area contributed by atoms with Gasteiger partial charge in [-0.15, -0.1) is 0 Å². The fourth-order valence-electron chi connectivity index (χ4n) is 6.36. The van der Waals surface area contributed by atoms with Gasteiger partial charge in [-0.2, -0.15) is 0 Å². The SMILES string of the molecule is Cc1cccc(S(=O)(=O)c2ccc([C@H](C)N3CCN(C4CCN(C(=O)c5ccccc5C)CC4)C[C@H]3C)cc2)c1. The molecule has 6 nitrogen and oxygen atoms in total. The Kier molecular flexibility index (Phi) is 8.45. The fraction of sp³-hybridized carbons (Fsp3) is 0.424. The number of aryl methyl sites for hydroxylation is 2. The minimum absolute atomic E-state index is 0.154. The molecule has 0 aromatic heterocycles. The molecule has 7 heteroatoms. The third-order valence-corrected chi connectivity index (χ3v) is 10.6. The van der Waals surface area contributed by atoms with Crippen molar-refractivity contribution in [3.8, 4) is 0 Å². The number of carbonyl (C=O) groups excluding carboxylic acids is 1. The fourth-order valence-corrected chi connectivity index (χ4v) is 7.73. The molecule has 0 aliphatic carbocycles. The second-order valence-electron chi connectivity index (χ2n) is 11.5. The zero-order chi connectivity index (χ0) is 28.4. The maximum absolute atomic E-state index is 13.1. The van der Waals surface area contributed by atoms with Crippen LogP contribution >= 0.6 is 0 Å². The van der Waals surface area contributed by atoms with Gasteiger partial charge in [0.15, 0.2) is 0 Å². The average molecular weight is 560 g/mol. The van der Waals surface area contributed by atoms with Crippen LogP contribution < -0.4 is 0 Å². The van der Waals surface area contributed by atoms with Crippen LogP contribution in [0.1, 0.15) is 59.8 Å². The molecule has 2 saturated heterocycles. The summed E-state index contributed by atoms with van der Waals surface area (Å²) in [5.74, 6) is 0.154. The number of carbonyl (C=O) groups is 1. The first kappa shape index (κ1) is 28.5. The van der Waals surface area contributed by atoms with E-state index in [2.05, 4.69) is 23.6 Å². The lowest BCUT2D eigenvalue weighted by Gasteiger charge is -2.47. The van der Waals surface area contributed by atoms with Crippen molar-refractivity contribution >= 4 is 15.7 Å². The molecule has 5 rings (SSSR count). The molecule has 2 aliphatic heterocycles. The van der Waals surface area contributed by atoms with Gasteiger partial charge in [-0.3, -0.25) is 14.6 Å². The Balaban J connectivity index is 1.17. The van der Waals surface area contributed by atoms with E-state index in [9.17, 15) is 13.2 Å². The van der Waals surface area contributed by atoms with Gasteiger partial charge in [0.25, 0.3) is 5.91 Å². The summed E-state index contributed by atoms with van der Waals surface area (Å²) in [4.78, 5) is 20.9. The number of nitrogens with zero attached hydrogens (tertiary/aromatic N) is 3. The Hall–Kier alpha value is -3.00. The summed E-state index contributed by atoms with van der Waals surface area (Å²) in [5, 5.41) is 0. The van der Waals surface area contributed by atoms with Crippen LogP contribution in [0.25, 0.3) is 0 Å². The first-order chi connectivity index (χ1) is 19.1. The predicted octanol–water partition coefficient (Wildman–Crippen LogP) is 5.51. The highest BCUT2D eigenvalue weighted by Gasteiger charge is 2.34. The van der Waals surface area contributed by atoms with Gasteiger partial charge in [-0.25, -0.2) is 8.42 Å². The monoisotopic (exact) mass is 559 g/mol. The van der Waals surface area contributed by atoms with Gasteiger partial charge in [0, 0.05) is 56.4 Å². The molecule has 1 amide bonds. The summed E-state index contributed by atoms with van der Waals surface area (Å²) in [5.41, 5.74) is 3.92. The number of piperidine rings is 1. The van der Waals surface area contributed by atoms with Crippen molar-refractivity contribution in [2.24, 2.45) is 0 Å². The van der Waals surface area contributed by atoms with Crippen LogP contribution in [0, 0.1) is 13.8 Å². The Bertz CT molecular complexity index is 1450. The summed E-state index contributed by atoms with van der Waals surface area (Å²) >= 11 is 0. The third-order valence-electron chi connectivity index (χ3n) is 8.82. The lowest BCUT2D eigenvalue weighted by molar-refractivity contribution is 0.0135. The molecule has 2 fully saturated rings. The highest BCUT2D eigenvalue weighted by atomic mass is 32.2. The molecule has 2 aliphatic rings. The molecule has 0 saturated carbocycles. The number of piperazine rings is 1. The molecule has 0 bridgehead atoms. The van der Waals surface area contributed by atoms with E-state index in [0.29, 0.717) is 21.9 Å². The van der Waals surface area contributed by atoms with Crippen molar-refractivity contribution in [3.05, 3.63) is 95.1 Å².